The molecule has 2 aromatic rings. The van der Waals surface area contributed by atoms with E-state index in [1.54, 1.807) is 13.0 Å². The van der Waals surface area contributed by atoms with Gasteiger partial charge in [-0.1, -0.05) is 30.3 Å². The molecule has 1 aromatic heterocycles. The summed E-state index contributed by atoms with van der Waals surface area (Å²) in [4.78, 5) is 29.2. The molecule has 8 nitrogen and oxygen atoms in total. The molecule has 10 heteroatoms. The Morgan fingerprint density at radius 1 is 1.25 bits per heavy atom. The van der Waals surface area contributed by atoms with E-state index in [0.29, 0.717) is 25.3 Å². The number of nitrogens with zero attached hydrogens (tertiary/aromatic N) is 1. The molecule has 1 aliphatic rings. The lowest BCUT2D eigenvalue weighted by molar-refractivity contribution is -0.129. The minimum atomic E-state index is -0.638. The molecule has 32 heavy (non-hydrogen) atoms. The normalized spacial score (nSPS) is 18.1. The van der Waals surface area contributed by atoms with Gasteiger partial charge in [0.25, 0.3) is 0 Å². The number of nitrogen functional groups attached to an aromatic ring is 1. The largest absolute Gasteiger partial charge is 0.384 e. The number of carbonyl (C=O) groups is 2. The smallest absolute Gasteiger partial charge is 0.242 e. The molecule has 3 rings (SSSR count). The summed E-state index contributed by atoms with van der Waals surface area (Å²) >= 11 is 0. The molecular weight excluding hydrogens is 451 g/mol. The minimum Gasteiger partial charge on any atom is -0.384 e. The molecule has 1 aromatic carbocycles. The van der Waals surface area contributed by atoms with Gasteiger partial charge in [-0.3, -0.25) is 9.59 Å². The number of hydrogen-bond donors (Lipinski definition) is 5. The predicted octanol–water partition coefficient (Wildman–Crippen LogP) is 1.54. The zero-order chi connectivity index (χ0) is 21.7. The highest BCUT2D eigenvalue weighted by molar-refractivity contribution is 5.89. The van der Waals surface area contributed by atoms with E-state index in [-0.39, 0.29) is 48.6 Å². The molecule has 1 fully saturated rings. The second kappa shape index (κ2) is 12.6. The molecule has 7 N–H and O–H groups in total. The average Bonchev–Trinajstić information content (AvgIpc) is 3.23. The standard InChI is InChI=1S/C22H30N6O2.2ClH/c1-13-17(6-7-20(24)27-13)11-26-21(29)14(2)28-22(30)19-9-18(12-25-19)16-5-3-4-15(8-16)10-23;;/h3-8,14,18-19,25H,9-12,23H2,1-2H3,(H2,24,27)(H,26,29)(H,28,30);2*1H/t14-,18+,19+;;/m0../s1. The van der Waals surface area contributed by atoms with E-state index in [9.17, 15) is 9.59 Å². The van der Waals surface area contributed by atoms with E-state index in [1.165, 1.54) is 5.56 Å². The van der Waals surface area contributed by atoms with Crippen LogP contribution in [0.3, 0.4) is 0 Å². The Balaban J connectivity index is 0.00000256. The van der Waals surface area contributed by atoms with Crippen molar-refractivity contribution < 1.29 is 9.59 Å². The van der Waals surface area contributed by atoms with E-state index in [4.69, 9.17) is 11.5 Å². The van der Waals surface area contributed by atoms with E-state index < -0.39 is 6.04 Å². The third-order valence-corrected chi connectivity index (χ3v) is 5.53. The summed E-state index contributed by atoms with van der Waals surface area (Å²) < 4.78 is 0. The van der Waals surface area contributed by atoms with Crippen LogP contribution in [0, 0.1) is 6.92 Å². The predicted molar refractivity (Wildman–Crippen MR) is 131 cm³/mol. The van der Waals surface area contributed by atoms with Crippen molar-refractivity contribution in [3.8, 4) is 0 Å². The number of nitrogens with one attached hydrogen (secondary N) is 3. The second-order valence-electron chi connectivity index (χ2n) is 7.77. The van der Waals surface area contributed by atoms with Crippen LogP contribution in [0.1, 0.15) is 41.6 Å². The molecule has 0 bridgehead atoms. The molecule has 176 valence electrons. The highest BCUT2D eigenvalue weighted by Crippen LogP contribution is 2.26. The molecule has 1 saturated heterocycles. The summed E-state index contributed by atoms with van der Waals surface area (Å²) in [5.41, 5.74) is 15.3. The summed E-state index contributed by atoms with van der Waals surface area (Å²) in [5, 5.41) is 8.90. The van der Waals surface area contributed by atoms with Gasteiger partial charge in [-0.15, -0.1) is 24.8 Å². The quantitative estimate of drug-likeness (QED) is 0.406. The molecule has 0 spiro atoms. The first kappa shape index (κ1) is 27.6. The molecule has 0 aliphatic carbocycles. The number of aromatic nitrogens is 1. The maximum Gasteiger partial charge on any atom is 0.242 e. The Morgan fingerprint density at radius 3 is 2.69 bits per heavy atom. The lowest BCUT2D eigenvalue weighted by atomic mass is 9.94. The number of carbonyl (C=O) groups excluding carboxylic acids is 2. The number of amides is 2. The van der Waals surface area contributed by atoms with E-state index >= 15 is 0 Å². The van der Waals surface area contributed by atoms with Crippen LogP contribution in [0.25, 0.3) is 0 Å². The van der Waals surface area contributed by atoms with Crippen molar-refractivity contribution in [3.63, 3.8) is 0 Å². The van der Waals surface area contributed by atoms with Crippen LogP contribution < -0.4 is 27.4 Å². The highest BCUT2D eigenvalue weighted by atomic mass is 35.5. The third kappa shape index (κ3) is 7.06. The number of anilines is 1. The van der Waals surface area contributed by atoms with Gasteiger partial charge in [-0.05, 0) is 48.9 Å². The van der Waals surface area contributed by atoms with Crippen LogP contribution >= 0.6 is 24.8 Å². The van der Waals surface area contributed by atoms with Gasteiger partial charge >= 0.3 is 0 Å². The van der Waals surface area contributed by atoms with Gasteiger partial charge in [0.05, 0.1) is 6.04 Å². The Kier molecular flexibility index (Phi) is 10.9. The van der Waals surface area contributed by atoms with Crippen LogP contribution in [0.15, 0.2) is 36.4 Å². The van der Waals surface area contributed by atoms with Gasteiger partial charge in [0.2, 0.25) is 11.8 Å². The van der Waals surface area contributed by atoms with Gasteiger partial charge < -0.3 is 27.4 Å². The van der Waals surface area contributed by atoms with Crippen molar-refractivity contribution in [1.82, 2.24) is 20.9 Å². The fraction of sp³-hybridized carbons (Fsp3) is 0.409. The van der Waals surface area contributed by atoms with Crippen molar-refractivity contribution in [2.24, 2.45) is 5.73 Å². The summed E-state index contributed by atoms with van der Waals surface area (Å²) in [5.74, 6) is 0.280. The highest BCUT2D eigenvalue weighted by Gasteiger charge is 2.31. The second-order valence-corrected chi connectivity index (χ2v) is 7.77. The topological polar surface area (TPSA) is 135 Å². The van der Waals surface area contributed by atoms with Crippen LogP contribution in [-0.4, -0.2) is 35.4 Å². The lowest BCUT2D eigenvalue weighted by Crippen LogP contribution is -2.50. The summed E-state index contributed by atoms with van der Waals surface area (Å²) in [6, 6.07) is 10.7. The van der Waals surface area contributed by atoms with Crippen molar-refractivity contribution in [2.75, 3.05) is 12.3 Å². The molecule has 2 heterocycles. The Labute approximate surface area is 201 Å². The fourth-order valence-corrected chi connectivity index (χ4v) is 3.67. The number of hydrogen-bond acceptors (Lipinski definition) is 6. The number of rotatable bonds is 7. The van der Waals surface area contributed by atoms with Crippen molar-refractivity contribution in [3.05, 3.63) is 58.8 Å². The first-order valence-electron chi connectivity index (χ1n) is 10.2. The van der Waals surface area contributed by atoms with Crippen molar-refractivity contribution in [1.29, 1.82) is 0 Å². The number of pyridine rings is 1. The molecule has 3 atom stereocenters. The Hall–Kier alpha value is -2.39. The van der Waals surface area contributed by atoms with E-state index in [1.807, 2.05) is 25.1 Å². The Morgan fingerprint density at radius 2 is 2.00 bits per heavy atom. The molecule has 0 saturated carbocycles. The van der Waals surface area contributed by atoms with Gasteiger partial charge in [-0.25, -0.2) is 4.98 Å². The summed E-state index contributed by atoms with van der Waals surface area (Å²) in [6.45, 7) is 5.07. The van der Waals surface area contributed by atoms with E-state index in [2.05, 4.69) is 33.1 Å². The number of nitrogens with two attached hydrogens (primary N) is 2. The average molecular weight is 483 g/mol. The van der Waals surface area contributed by atoms with Gasteiger partial charge in [0.1, 0.15) is 11.9 Å². The summed E-state index contributed by atoms with van der Waals surface area (Å²) in [7, 11) is 0. The van der Waals surface area contributed by atoms with Gasteiger partial charge in [0, 0.05) is 25.3 Å². The van der Waals surface area contributed by atoms with Crippen molar-refractivity contribution >= 4 is 42.4 Å². The first-order chi connectivity index (χ1) is 14.4. The van der Waals surface area contributed by atoms with Crippen LogP contribution in [-0.2, 0) is 22.7 Å². The maximum absolute atomic E-state index is 12.6. The number of aryl methyl sites for hydroxylation is 1. The SMILES string of the molecule is Cc1nc(N)ccc1CNC(=O)[C@H](C)NC(=O)[C@H]1C[C@@H](c2cccc(CN)c2)CN1.Cl.Cl. The van der Waals surface area contributed by atoms with Crippen molar-refractivity contribution in [2.45, 2.75) is 51.4 Å². The van der Waals surface area contributed by atoms with Gasteiger partial charge in [0.15, 0.2) is 0 Å². The van der Waals surface area contributed by atoms with E-state index in [0.717, 1.165) is 23.4 Å². The zero-order valence-corrected chi connectivity index (χ0v) is 19.9. The molecule has 2 amide bonds. The minimum absolute atomic E-state index is 0. The third-order valence-electron chi connectivity index (χ3n) is 5.53. The van der Waals surface area contributed by atoms with Crippen LogP contribution in [0.2, 0.25) is 0 Å². The first-order valence-corrected chi connectivity index (χ1v) is 10.2. The molecule has 0 unspecified atom stereocenters. The maximum atomic E-state index is 12.6. The van der Waals surface area contributed by atoms with Crippen LogP contribution in [0.5, 0.6) is 0 Å². The number of benzene rings is 1. The molecular formula is C22H32Cl2N6O2. The Bertz CT molecular complexity index is 927. The lowest BCUT2D eigenvalue weighted by Gasteiger charge is -2.17. The number of halogens is 2. The van der Waals surface area contributed by atoms with Crippen LogP contribution in [0.4, 0.5) is 5.82 Å². The van der Waals surface area contributed by atoms with Gasteiger partial charge in [-0.2, -0.15) is 0 Å². The zero-order valence-electron chi connectivity index (χ0n) is 18.3. The molecule has 1 aliphatic heterocycles. The molecule has 0 radical (unpaired) electrons. The monoisotopic (exact) mass is 482 g/mol. The summed E-state index contributed by atoms with van der Waals surface area (Å²) in [6.07, 6.45) is 0.685. The fourth-order valence-electron chi connectivity index (χ4n) is 3.67.